The van der Waals surface area contributed by atoms with Gasteiger partial charge in [-0.2, -0.15) is 23.1 Å². The standard InChI is InChI=1S/C30H30F5N7OS/c1-14(2)42-12-19(30(33,34)35)21(42)13-43-29-39-25-18(28(40-29)41-10-16-6-7-17(11-41)37-16)9-36-27(24(25)32)26-23-15(8-22(44)38-26)4-3-5-20(23)31/h3-5,8-9,14,16-17,19,21,37H,6-7,10-13H2,1-2H3,(H,38,44)/t16?,17?,19-,21-/m1/s1. The summed E-state index contributed by atoms with van der Waals surface area (Å²) in [5, 5.41) is 4.46. The van der Waals surface area contributed by atoms with Gasteiger partial charge in [-0.05, 0) is 44.2 Å². The van der Waals surface area contributed by atoms with Gasteiger partial charge in [0.25, 0.3) is 0 Å². The van der Waals surface area contributed by atoms with E-state index in [2.05, 4.69) is 25.3 Å². The SMILES string of the molecule is CC(C)N1C[C@@H](C(F)(F)F)[C@H]1COc1nc(N2CC3CCC(C2)N3)c2cnc(-c3[nH]c(=S)cc4cccc(F)c34)c(F)c2n1. The summed E-state index contributed by atoms with van der Waals surface area (Å²) < 4.78 is 78.8. The van der Waals surface area contributed by atoms with Crippen LogP contribution < -0.4 is 15.0 Å². The molecule has 3 fully saturated rings. The predicted octanol–water partition coefficient (Wildman–Crippen LogP) is 5.77. The highest BCUT2D eigenvalue weighted by Crippen LogP contribution is 2.41. The number of rotatable bonds is 6. The number of alkyl halides is 3. The van der Waals surface area contributed by atoms with E-state index < -0.39 is 29.8 Å². The van der Waals surface area contributed by atoms with E-state index >= 15 is 8.78 Å². The number of ether oxygens (including phenoxy) is 1. The summed E-state index contributed by atoms with van der Waals surface area (Å²) in [4.78, 5) is 20.0. The predicted molar refractivity (Wildman–Crippen MR) is 158 cm³/mol. The van der Waals surface area contributed by atoms with Gasteiger partial charge in [0.2, 0.25) is 0 Å². The Kier molecular flexibility index (Phi) is 7.20. The number of nitrogens with one attached hydrogen (secondary N) is 2. The minimum atomic E-state index is -4.38. The monoisotopic (exact) mass is 631 g/mol. The highest BCUT2D eigenvalue weighted by molar-refractivity contribution is 7.71. The zero-order valence-electron chi connectivity index (χ0n) is 24.0. The van der Waals surface area contributed by atoms with Crippen molar-refractivity contribution in [3.8, 4) is 17.4 Å². The highest BCUT2D eigenvalue weighted by atomic mass is 32.1. The van der Waals surface area contributed by atoms with E-state index in [0.29, 0.717) is 29.7 Å². The number of benzene rings is 1. The van der Waals surface area contributed by atoms with Crippen molar-refractivity contribution < 1.29 is 26.7 Å². The van der Waals surface area contributed by atoms with E-state index in [0.717, 1.165) is 12.8 Å². The van der Waals surface area contributed by atoms with Crippen LogP contribution in [0.15, 0.2) is 30.5 Å². The van der Waals surface area contributed by atoms with E-state index in [-0.39, 0.29) is 64.2 Å². The molecule has 44 heavy (non-hydrogen) atoms. The number of piperazine rings is 1. The van der Waals surface area contributed by atoms with Gasteiger partial charge in [0.1, 0.15) is 34.1 Å². The van der Waals surface area contributed by atoms with Crippen molar-refractivity contribution in [2.24, 2.45) is 5.92 Å². The lowest BCUT2D eigenvalue weighted by atomic mass is 9.87. The van der Waals surface area contributed by atoms with E-state index in [9.17, 15) is 13.2 Å². The minimum Gasteiger partial charge on any atom is -0.462 e. The molecule has 0 aliphatic carbocycles. The fraction of sp³-hybridized carbons (Fsp3) is 0.467. The Bertz CT molecular complexity index is 1800. The normalized spacial score (nSPS) is 24.0. The van der Waals surface area contributed by atoms with Crippen LogP contribution >= 0.6 is 12.2 Å². The first-order chi connectivity index (χ1) is 21.0. The number of pyridine rings is 2. The fourth-order valence-electron chi connectivity index (χ4n) is 6.80. The first kappa shape index (κ1) is 29.2. The Morgan fingerprint density at radius 3 is 2.55 bits per heavy atom. The van der Waals surface area contributed by atoms with Crippen LogP contribution in [0.1, 0.15) is 26.7 Å². The summed E-state index contributed by atoms with van der Waals surface area (Å²) in [6.07, 6.45) is -0.960. The smallest absolute Gasteiger partial charge is 0.394 e. The van der Waals surface area contributed by atoms with Gasteiger partial charge < -0.3 is 19.9 Å². The van der Waals surface area contributed by atoms with Crippen molar-refractivity contribution in [1.29, 1.82) is 0 Å². The van der Waals surface area contributed by atoms with Crippen LogP contribution in [0.3, 0.4) is 0 Å². The molecule has 3 aliphatic heterocycles. The van der Waals surface area contributed by atoms with E-state index in [4.69, 9.17) is 17.0 Å². The number of nitrogens with zero attached hydrogens (tertiary/aromatic N) is 5. The molecule has 4 atom stereocenters. The molecule has 6 heterocycles. The lowest BCUT2D eigenvalue weighted by Gasteiger charge is -2.50. The van der Waals surface area contributed by atoms with Crippen LogP contribution in [0, 0.1) is 22.2 Å². The van der Waals surface area contributed by atoms with Crippen LogP contribution in [-0.4, -0.2) is 81.4 Å². The summed E-state index contributed by atoms with van der Waals surface area (Å²) >= 11 is 5.33. The van der Waals surface area contributed by atoms with Gasteiger partial charge in [0.15, 0.2) is 5.82 Å². The molecular weight excluding hydrogens is 601 g/mol. The molecule has 3 saturated heterocycles. The van der Waals surface area contributed by atoms with Gasteiger partial charge >= 0.3 is 12.2 Å². The van der Waals surface area contributed by atoms with Gasteiger partial charge in [0, 0.05) is 49.3 Å². The zero-order chi connectivity index (χ0) is 30.9. The molecule has 2 N–H and O–H groups in total. The molecule has 0 amide bonds. The number of hydrogen-bond acceptors (Lipinski definition) is 8. The molecule has 3 aliphatic rings. The first-order valence-electron chi connectivity index (χ1n) is 14.6. The highest BCUT2D eigenvalue weighted by Gasteiger charge is 2.55. The molecule has 232 valence electrons. The number of fused-ring (bicyclic) bond motifs is 4. The van der Waals surface area contributed by atoms with E-state index in [1.54, 1.807) is 17.0 Å². The third-order valence-corrected chi connectivity index (χ3v) is 9.21. The average molecular weight is 632 g/mol. The van der Waals surface area contributed by atoms with Gasteiger partial charge in [-0.25, -0.2) is 8.78 Å². The number of hydrogen-bond donors (Lipinski definition) is 2. The van der Waals surface area contributed by atoms with Crippen molar-refractivity contribution in [3.63, 3.8) is 0 Å². The second kappa shape index (κ2) is 10.8. The number of aromatic amines is 1. The number of aromatic nitrogens is 4. The van der Waals surface area contributed by atoms with E-state index in [1.807, 2.05) is 18.7 Å². The third-order valence-electron chi connectivity index (χ3n) is 8.99. The molecular formula is C30H30F5N7OS. The van der Waals surface area contributed by atoms with Gasteiger partial charge in [-0.3, -0.25) is 9.88 Å². The Hall–Kier alpha value is -3.49. The van der Waals surface area contributed by atoms with Gasteiger partial charge in [0.05, 0.1) is 23.0 Å². The van der Waals surface area contributed by atoms with Crippen molar-refractivity contribution in [1.82, 2.24) is 30.2 Å². The first-order valence-corrected chi connectivity index (χ1v) is 15.0. The lowest BCUT2D eigenvalue weighted by molar-refractivity contribution is -0.239. The molecule has 0 radical (unpaired) electrons. The molecule has 2 bridgehead atoms. The Morgan fingerprint density at radius 2 is 1.84 bits per heavy atom. The zero-order valence-corrected chi connectivity index (χ0v) is 24.8. The van der Waals surface area contributed by atoms with Crippen molar-refractivity contribution in [2.45, 2.75) is 57.0 Å². The third kappa shape index (κ3) is 5.06. The summed E-state index contributed by atoms with van der Waals surface area (Å²) in [7, 11) is 0. The second-order valence-corrected chi connectivity index (χ2v) is 12.5. The summed E-state index contributed by atoms with van der Waals surface area (Å²) in [6, 6.07) is 5.22. The number of H-pyrrole nitrogens is 1. The number of anilines is 1. The Morgan fingerprint density at radius 1 is 1.09 bits per heavy atom. The topological polar surface area (TPSA) is 82.2 Å². The van der Waals surface area contributed by atoms with Gasteiger partial charge in [-0.15, -0.1) is 0 Å². The van der Waals surface area contributed by atoms with Crippen LogP contribution in [0.4, 0.5) is 27.8 Å². The molecule has 1 aromatic carbocycles. The average Bonchev–Trinajstić information content (AvgIpc) is 3.28. The van der Waals surface area contributed by atoms with Crippen molar-refractivity contribution in [2.75, 3.05) is 31.1 Å². The van der Waals surface area contributed by atoms with Crippen molar-refractivity contribution >= 4 is 39.7 Å². The molecule has 0 spiro atoms. The van der Waals surface area contributed by atoms with Gasteiger partial charge in [-0.1, -0.05) is 24.4 Å². The van der Waals surface area contributed by atoms with E-state index in [1.165, 1.54) is 18.3 Å². The maximum Gasteiger partial charge on any atom is 0.394 e. The van der Waals surface area contributed by atoms with Crippen LogP contribution in [-0.2, 0) is 0 Å². The Labute approximate surface area is 254 Å². The minimum absolute atomic E-state index is 0.0582. The molecule has 0 saturated carbocycles. The largest absolute Gasteiger partial charge is 0.462 e. The van der Waals surface area contributed by atoms with Crippen LogP contribution in [0.5, 0.6) is 6.01 Å². The fourth-order valence-corrected chi connectivity index (χ4v) is 7.03. The molecule has 2 unspecified atom stereocenters. The summed E-state index contributed by atoms with van der Waals surface area (Å²) in [5.41, 5.74) is -0.268. The molecule has 4 aromatic rings. The second-order valence-electron chi connectivity index (χ2n) is 12.1. The Balaban J connectivity index is 1.34. The summed E-state index contributed by atoms with van der Waals surface area (Å²) in [6.45, 7) is 4.43. The number of halogens is 5. The lowest BCUT2D eigenvalue weighted by Crippen LogP contribution is -2.65. The molecule has 8 nitrogen and oxygen atoms in total. The van der Waals surface area contributed by atoms with Crippen LogP contribution in [0.25, 0.3) is 33.1 Å². The van der Waals surface area contributed by atoms with Crippen LogP contribution in [0.2, 0.25) is 0 Å². The summed E-state index contributed by atoms with van der Waals surface area (Å²) in [5.74, 6) is -2.59. The maximum atomic E-state index is 16.5. The quantitative estimate of drug-likeness (QED) is 0.205. The molecule has 7 rings (SSSR count). The maximum absolute atomic E-state index is 16.5. The molecule has 14 heteroatoms. The number of likely N-dealkylation sites (tertiary alicyclic amines) is 1. The molecule has 3 aromatic heterocycles. The van der Waals surface area contributed by atoms with Crippen molar-refractivity contribution in [3.05, 3.63) is 46.7 Å².